The zero-order valence-corrected chi connectivity index (χ0v) is 11.8. The van der Waals surface area contributed by atoms with Crippen LogP contribution in [-0.2, 0) is 10.0 Å². The third kappa shape index (κ3) is 3.89. The van der Waals surface area contributed by atoms with Crippen LogP contribution in [0.4, 0.5) is 5.69 Å². The molecule has 0 bridgehead atoms. The summed E-state index contributed by atoms with van der Waals surface area (Å²) < 4.78 is 32.0. The minimum absolute atomic E-state index is 0.395. The van der Waals surface area contributed by atoms with E-state index in [4.69, 9.17) is 4.74 Å². The lowest BCUT2D eigenvalue weighted by molar-refractivity contribution is 0.342. The monoisotopic (exact) mass is 272 g/mol. The molecule has 1 aromatic rings. The van der Waals surface area contributed by atoms with Crippen molar-refractivity contribution in [3.63, 3.8) is 0 Å². The van der Waals surface area contributed by atoms with Gasteiger partial charge in [0.25, 0.3) is 0 Å². The molecule has 0 aromatic heterocycles. The summed E-state index contributed by atoms with van der Waals surface area (Å²) in [6.07, 6.45) is 0. The Hall–Kier alpha value is -1.27. The predicted molar refractivity (Wildman–Crippen MR) is 73.5 cm³/mol. The largest absolute Gasteiger partial charge is 0.492 e. The molecular formula is C12H20N2O3S. The maximum absolute atomic E-state index is 12.0. The van der Waals surface area contributed by atoms with Crippen molar-refractivity contribution in [1.82, 2.24) is 5.32 Å². The molecule has 2 N–H and O–H groups in total. The molecular weight excluding hydrogens is 252 g/mol. The lowest BCUT2D eigenvalue weighted by Gasteiger charge is -2.16. The maximum atomic E-state index is 12.0. The van der Waals surface area contributed by atoms with E-state index in [-0.39, 0.29) is 0 Å². The molecule has 0 radical (unpaired) electrons. The third-order valence-electron chi connectivity index (χ3n) is 2.46. The number of ether oxygens (including phenoxy) is 1. The highest BCUT2D eigenvalue weighted by Gasteiger charge is 2.21. The minimum atomic E-state index is -3.41. The summed E-state index contributed by atoms with van der Waals surface area (Å²) in [5.41, 5.74) is 0.474. The molecule has 0 saturated carbocycles. The zero-order chi connectivity index (χ0) is 13.6. The van der Waals surface area contributed by atoms with Gasteiger partial charge in [-0.3, -0.25) is 4.72 Å². The average molecular weight is 272 g/mol. The molecule has 0 aliphatic carbocycles. The summed E-state index contributed by atoms with van der Waals surface area (Å²) in [7, 11) is -1.69. The van der Waals surface area contributed by atoms with E-state index in [9.17, 15) is 8.42 Å². The van der Waals surface area contributed by atoms with Crippen molar-refractivity contribution in [1.29, 1.82) is 0 Å². The Morgan fingerprint density at radius 2 is 2.00 bits per heavy atom. The highest BCUT2D eigenvalue weighted by atomic mass is 32.2. The molecule has 6 heteroatoms. The Morgan fingerprint density at radius 3 is 2.61 bits per heavy atom. The maximum Gasteiger partial charge on any atom is 0.236 e. The summed E-state index contributed by atoms with van der Waals surface area (Å²) in [5, 5.41) is 2.33. The van der Waals surface area contributed by atoms with Crippen LogP contribution in [0.3, 0.4) is 0 Å². The minimum Gasteiger partial charge on any atom is -0.492 e. The van der Waals surface area contributed by atoms with Crippen LogP contribution in [0.25, 0.3) is 0 Å². The fourth-order valence-electron chi connectivity index (χ4n) is 1.48. The van der Waals surface area contributed by atoms with E-state index in [1.165, 1.54) is 0 Å². The number of benzene rings is 1. The zero-order valence-electron chi connectivity index (χ0n) is 10.9. The molecule has 102 valence electrons. The predicted octanol–water partition coefficient (Wildman–Crippen LogP) is 1.43. The molecule has 1 rings (SSSR count). The smallest absolute Gasteiger partial charge is 0.236 e. The summed E-state index contributed by atoms with van der Waals surface area (Å²) in [5.74, 6) is 0.542. The molecule has 1 aromatic carbocycles. The normalized spacial score (nSPS) is 13.1. The fraction of sp³-hybridized carbons (Fsp3) is 0.500. The van der Waals surface area contributed by atoms with Crippen molar-refractivity contribution in [2.75, 3.05) is 24.9 Å². The second kappa shape index (κ2) is 6.61. The van der Waals surface area contributed by atoms with Crippen LogP contribution in [-0.4, -0.2) is 33.9 Å². The van der Waals surface area contributed by atoms with Crippen LogP contribution < -0.4 is 14.8 Å². The van der Waals surface area contributed by atoms with Gasteiger partial charge in [0.15, 0.2) is 0 Å². The SMILES string of the molecule is CCOc1ccccc1NS(=O)(=O)C(C)CNC. The molecule has 1 unspecified atom stereocenters. The number of hydrogen-bond acceptors (Lipinski definition) is 4. The molecule has 0 aliphatic rings. The van der Waals surface area contributed by atoms with E-state index in [0.29, 0.717) is 24.6 Å². The summed E-state index contributed by atoms with van der Waals surface area (Å²) in [4.78, 5) is 0. The average Bonchev–Trinajstić information content (AvgIpc) is 2.32. The van der Waals surface area contributed by atoms with Gasteiger partial charge in [0.2, 0.25) is 10.0 Å². The van der Waals surface area contributed by atoms with Gasteiger partial charge in [-0.15, -0.1) is 0 Å². The van der Waals surface area contributed by atoms with Gasteiger partial charge in [0.05, 0.1) is 17.5 Å². The first-order valence-corrected chi connectivity index (χ1v) is 7.44. The molecule has 1 atom stereocenters. The van der Waals surface area contributed by atoms with Gasteiger partial charge < -0.3 is 10.1 Å². The molecule has 0 saturated heterocycles. The first-order valence-electron chi connectivity index (χ1n) is 5.89. The topological polar surface area (TPSA) is 67.4 Å². The number of nitrogens with one attached hydrogen (secondary N) is 2. The molecule has 5 nitrogen and oxygen atoms in total. The first kappa shape index (κ1) is 14.8. The third-order valence-corrected chi connectivity index (χ3v) is 4.19. The van der Waals surface area contributed by atoms with Gasteiger partial charge in [-0.25, -0.2) is 8.42 Å². The molecule has 0 aliphatic heterocycles. The first-order chi connectivity index (χ1) is 8.51. The lowest BCUT2D eigenvalue weighted by atomic mass is 10.3. The van der Waals surface area contributed by atoms with Gasteiger partial charge in [-0.1, -0.05) is 12.1 Å². The van der Waals surface area contributed by atoms with Crippen LogP contribution in [0.15, 0.2) is 24.3 Å². The lowest BCUT2D eigenvalue weighted by Crippen LogP contribution is -2.33. The van der Waals surface area contributed by atoms with Crippen molar-refractivity contribution < 1.29 is 13.2 Å². The van der Waals surface area contributed by atoms with Crippen LogP contribution >= 0.6 is 0 Å². The van der Waals surface area contributed by atoms with Crippen molar-refractivity contribution >= 4 is 15.7 Å². The standard InChI is InChI=1S/C12H20N2O3S/c1-4-17-12-8-6-5-7-11(12)14-18(15,16)10(2)9-13-3/h5-8,10,13-14H,4,9H2,1-3H3. The Morgan fingerprint density at radius 1 is 1.33 bits per heavy atom. The molecule has 0 fully saturated rings. The van der Waals surface area contributed by atoms with Crippen molar-refractivity contribution in [2.24, 2.45) is 0 Å². The van der Waals surface area contributed by atoms with Gasteiger partial charge >= 0.3 is 0 Å². The highest BCUT2D eigenvalue weighted by molar-refractivity contribution is 7.93. The van der Waals surface area contributed by atoms with Gasteiger partial charge in [-0.05, 0) is 33.0 Å². The fourth-order valence-corrected chi connectivity index (χ4v) is 2.55. The van der Waals surface area contributed by atoms with E-state index in [2.05, 4.69) is 10.0 Å². The molecule has 0 spiro atoms. The van der Waals surface area contributed by atoms with Crippen LogP contribution in [0.1, 0.15) is 13.8 Å². The second-order valence-corrected chi connectivity index (χ2v) is 6.04. The summed E-state index contributed by atoms with van der Waals surface area (Å²) in [6.45, 7) is 4.40. The highest BCUT2D eigenvalue weighted by Crippen LogP contribution is 2.25. The number of hydrogen-bond donors (Lipinski definition) is 2. The quantitative estimate of drug-likeness (QED) is 0.788. The van der Waals surface area contributed by atoms with Crippen LogP contribution in [0.5, 0.6) is 5.75 Å². The van der Waals surface area contributed by atoms with Crippen LogP contribution in [0, 0.1) is 0 Å². The van der Waals surface area contributed by atoms with E-state index in [1.54, 1.807) is 38.2 Å². The summed E-state index contributed by atoms with van der Waals surface area (Å²) >= 11 is 0. The van der Waals surface area contributed by atoms with Gasteiger partial charge in [0.1, 0.15) is 5.75 Å². The molecule has 0 amide bonds. The Kier molecular flexibility index (Phi) is 5.43. The van der Waals surface area contributed by atoms with E-state index < -0.39 is 15.3 Å². The van der Waals surface area contributed by atoms with E-state index in [1.807, 2.05) is 6.92 Å². The van der Waals surface area contributed by atoms with Crippen molar-refractivity contribution in [3.05, 3.63) is 24.3 Å². The molecule has 18 heavy (non-hydrogen) atoms. The van der Waals surface area contributed by atoms with Gasteiger partial charge in [-0.2, -0.15) is 0 Å². The Balaban J connectivity index is 2.90. The number of anilines is 1. The Labute approximate surface area is 109 Å². The van der Waals surface area contributed by atoms with Crippen LogP contribution in [0.2, 0.25) is 0 Å². The molecule has 0 heterocycles. The van der Waals surface area contributed by atoms with Crippen molar-refractivity contribution in [2.45, 2.75) is 19.1 Å². The Bertz CT molecular complexity index is 474. The van der Waals surface area contributed by atoms with Gasteiger partial charge in [0, 0.05) is 6.54 Å². The number of rotatable bonds is 7. The van der Waals surface area contributed by atoms with Crippen molar-refractivity contribution in [3.8, 4) is 5.75 Å². The van der Waals surface area contributed by atoms with E-state index in [0.717, 1.165) is 0 Å². The number of para-hydroxylation sites is 2. The summed E-state index contributed by atoms with van der Waals surface area (Å²) in [6, 6.07) is 7.00. The second-order valence-electron chi connectivity index (χ2n) is 3.94. The van der Waals surface area contributed by atoms with E-state index >= 15 is 0 Å². The number of sulfonamides is 1.